The summed E-state index contributed by atoms with van der Waals surface area (Å²) in [7, 11) is 4.20. The SMILES string of the molecule is CN(C)CCn1ccc2ccc(-c3ccc4c(c3)CCC4=O)cc21. The maximum Gasteiger partial charge on any atom is 0.163 e. The summed E-state index contributed by atoms with van der Waals surface area (Å²) in [5.41, 5.74) is 5.79. The number of likely N-dealkylation sites (N-methyl/N-ethyl adjacent to an activating group) is 1. The summed E-state index contributed by atoms with van der Waals surface area (Å²) < 4.78 is 2.32. The first-order chi connectivity index (χ1) is 11.6. The van der Waals surface area contributed by atoms with Gasteiger partial charge in [-0.3, -0.25) is 4.79 Å². The number of Topliss-reactive ketones (excluding diaryl/α,β-unsaturated/α-hetero) is 1. The van der Waals surface area contributed by atoms with Gasteiger partial charge in [-0.15, -0.1) is 0 Å². The fourth-order valence-corrected chi connectivity index (χ4v) is 3.50. The molecule has 0 N–H and O–H groups in total. The highest BCUT2D eigenvalue weighted by Crippen LogP contribution is 2.30. The molecule has 0 atom stereocenters. The van der Waals surface area contributed by atoms with Gasteiger partial charge >= 0.3 is 0 Å². The van der Waals surface area contributed by atoms with Gasteiger partial charge in [-0.2, -0.15) is 0 Å². The predicted octanol–water partition coefficient (Wildman–Crippen LogP) is 4.00. The van der Waals surface area contributed by atoms with E-state index in [1.165, 1.54) is 27.6 Å². The van der Waals surface area contributed by atoms with E-state index >= 15 is 0 Å². The molecule has 1 aromatic heterocycles. The third-order valence-electron chi connectivity index (χ3n) is 4.92. The van der Waals surface area contributed by atoms with Crippen LogP contribution >= 0.6 is 0 Å². The molecular weight excluding hydrogens is 296 g/mol. The van der Waals surface area contributed by atoms with E-state index in [0.717, 1.165) is 25.1 Å². The van der Waals surface area contributed by atoms with E-state index in [4.69, 9.17) is 0 Å². The Labute approximate surface area is 142 Å². The van der Waals surface area contributed by atoms with Crippen molar-refractivity contribution < 1.29 is 4.79 Å². The zero-order valence-corrected chi connectivity index (χ0v) is 14.2. The third kappa shape index (κ3) is 2.65. The molecule has 24 heavy (non-hydrogen) atoms. The van der Waals surface area contributed by atoms with Crippen LogP contribution in [0.2, 0.25) is 0 Å². The van der Waals surface area contributed by atoms with Crippen LogP contribution in [0.3, 0.4) is 0 Å². The minimum atomic E-state index is 0.282. The highest BCUT2D eigenvalue weighted by Gasteiger charge is 2.19. The molecular formula is C21H22N2O. The van der Waals surface area contributed by atoms with Crippen molar-refractivity contribution in [2.45, 2.75) is 19.4 Å². The largest absolute Gasteiger partial charge is 0.346 e. The topological polar surface area (TPSA) is 25.2 Å². The molecule has 0 radical (unpaired) electrons. The van der Waals surface area contributed by atoms with E-state index in [0.29, 0.717) is 6.42 Å². The van der Waals surface area contributed by atoms with E-state index in [1.54, 1.807) is 0 Å². The number of rotatable bonds is 4. The molecule has 122 valence electrons. The summed E-state index contributed by atoms with van der Waals surface area (Å²) in [6.07, 6.45) is 3.70. The molecule has 1 aliphatic carbocycles. The molecule has 1 aliphatic rings. The summed E-state index contributed by atoms with van der Waals surface area (Å²) in [6.45, 7) is 2.01. The van der Waals surface area contributed by atoms with Crippen molar-refractivity contribution in [3.8, 4) is 11.1 Å². The van der Waals surface area contributed by atoms with Crippen molar-refractivity contribution in [1.82, 2.24) is 9.47 Å². The minimum Gasteiger partial charge on any atom is -0.346 e. The summed E-state index contributed by atoms with van der Waals surface area (Å²) >= 11 is 0. The Hall–Kier alpha value is -2.39. The van der Waals surface area contributed by atoms with Gasteiger partial charge in [-0.05, 0) is 54.7 Å². The van der Waals surface area contributed by atoms with Crippen LogP contribution in [-0.2, 0) is 13.0 Å². The molecule has 3 nitrogen and oxygen atoms in total. The summed E-state index contributed by atoms with van der Waals surface area (Å²) in [6, 6.07) is 15.1. The Kier molecular flexibility index (Phi) is 3.73. The van der Waals surface area contributed by atoms with Crippen molar-refractivity contribution in [2.75, 3.05) is 20.6 Å². The number of aryl methyl sites for hydroxylation is 1. The van der Waals surface area contributed by atoms with Crippen molar-refractivity contribution >= 4 is 16.7 Å². The van der Waals surface area contributed by atoms with Gasteiger partial charge in [0.05, 0.1) is 0 Å². The molecule has 0 saturated carbocycles. The normalized spacial score (nSPS) is 13.9. The average molecular weight is 318 g/mol. The molecule has 0 fully saturated rings. The lowest BCUT2D eigenvalue weighted by Crippen LogP contribution is -2.17. The second kappa shape index (κ2) is 5.91. The van der Waals surface area contributed by atoms with Gasteiger partial charge in [0, 0.05) is 36.8 Å². The minimum absolute atomic E-state index is 0.282. The number of hydrogen-bond acceptors (Lipinski definition) is 2. The van der Waals surface area contributed by atoms with Crippen LogP contribution < -0.4 is 0 Å². The number of aromatic nitrogens is 1. The van der Waals surface area contributed by atoms with Gasteiger partial charge in [0.2, 0.25) is 0 Å². The third-order valence-corrected chi connectivity index (χ3v) is 4.92. The molecule has 0 bridgehead atoms. The highest BCUT2D eigenvalue weighted by atomic mass is 16.1. The Bertz CT molecular complexity index is 921. The second-order valence-corrected chi connectivity index (χ2v) is 6.88. The Balaban J connectivity index is 1.72. The van der Waals surface area contributed by atoms with Gasteiger partial charge < -0.3 is 9.47 Å². The number of benzene rings is 2. The lowest BCUT2D eigenvalue weighted by Gasteiger charge is -2.12. The molecule has 3 heteroatoms. The first kappa shape index (κ1) is 15.2. The lowest BCUT2D eigenvalue weighted by molar-refractivity contribution is 0.0994. The number of nitrogens with zero attached hydrogens (tertiary/aromatic N) is 2. The Morgan fingerprint density at radius 1 is 1.00 bits per heavy atom. The number of fused-ring (bicyclic) bond motifs is 2. The number of ketones is 1. The first-order valence-corrected chi connectivity index (χ1v) is 8.52. The molecule has 0 saturated heterocycles. The van der Waals surface area contributed by atoms with Crippen LogP contribution in [0.4, 0.5) is 0 Å². The van der Waals surface area contributed by atoms with Crippen molar-refractivity contribution in [2.24, 2.45) is 0 Å². The van der Waals surface area contributed by atoms with Gasteiger partial charge in [0.1, 0.15) is 0 Å². The van der Waals surface area contributed by atoms with Crippen molar-refractivity contribution in [3.63, 3.8) is 0 Å². The standard InChI is InChI=1S/C21H22N2O/c1-22(2)11-12-23-10-9-15-3-4-17(14-20(15)23)16-5-7-19-18(13-16)6-8-21(19)24/h3-5,7,9-10,13-14H,6,8,11-12H2,1-2H3. The highest BCUT2D eigenvalue weighted by molar-refractivity contribution is 6.01. The van der Waals surface area contributed by atoms with E-state index in [1.807, 2.05) is 6.07 Å². The van der Waals surface area contributed by atoms with E-state index in [9.17, 15) is 4.79 Å². The average Bonchev–Trinajstić information content (AvgIpc) is 3.16. The zero-order chi connectivity index (χ0) is 16.7. The molecule has 4 rings (SSSR count). The van der Waals surface area contributed by atoms with Crippen LogP contribution in [0.25, 0.3) is 22.0 Å². The Morgan fingerprint density at radius 2 is 1.79 bits per heavy atom. The molecule has 3 aromatic rings. The van der Waals surface area contributed by atoms with Crippen LogP contribution in [-0.4, -0.2) is 35.9 Å². The first-order valence-electron chi connectivity index (χ1n) is 8.52. The van der Waals surface area contributed by atoms with Crippen LogP contribution in [0.5, 0.6) is 0 Å². The maximum atomic E-state index is 11.8. The van der Waals surface area contributed by atoms with E-state index in [2.05, 4.69) is 66.2 Å². The van der Waals surface area contributed by atoms with Gasteiger partial charge in [-0.1, -0.05) is 30.3 Å². The molecule has 0 amide bonds. The van der Waals surface area contributed by atoms with Gasteiger partial charge in [0.15, 0.2) is 5.78 Å². The smallest absolute Gasteiger partial charge is 0.163 e. The predicted molar refractivity (Wildman–Crippen MR) is 98.6 cm³/mol. The monoisotopic (exact) mass is 318 g/mol. The van der Waals surface area contributed by atoms with Crippen molar-refractivity contribution in [3.05, 3.63) is 59.8 Å². The van der Waals surface area contributed by atoms with Crippen molar-refractivity contribution in [1.29, 1.82) is 0 Å². The molecule has 2 aromatic carbocycles. The van der Waals surface area contributed by atoms with Gasteiger partial charge in [-0.25, -0.2) is 0 Å². The maximum absolute atomic E-state index is 11.8. The lowest BCUT2D eigenvalue weighted by atomic mass is 9.99. The molecule has 1 heterocycles. The van der Waals surface area contributed by atoms with Crippen LogP contribution in [0.1, 0.15) is 22.3 Å². The Morgan fingerprint density at radius 3 is 2.62 bits per heavy atom. The number of hydrogen-bond donors (Lipinski definition) is 0. The summed E-state index contributed by atoms with van der Waals surface area (Å²) in [4.78, 5) is 14.0. The van der Waals surface area contributed by atoms with Crippen LogP contribution in [0.15, 0.2) is 48.7 Å². The quantitative estimate of drug-likeness (QED) is 0.726. The number of carbonyl (C=O) groups excluding carboxylic acids is 1. The zero-order valence-electron chi connectivity index (χ0n) is 14.2. The second-order valence-electron chi connectivity index (χ2n) is 6.88. The molecule has 0 aliphatic heterocycles. The number of carbonyl (C=O) groups is 1. The molecule has 0 spiro atoms. The summed E-state index contributed by atoms with van der Waals surface area (Å²) in [5, 5.41) is 1.27. The molecule has 0 unspecified atom stereocenters. The van der Waals surface area contributed by atoms with E-state index < -0.39 is 0 Å². The van der Waals surface area contributed by atoms with E-state index in [-0.39, 0.29) is 5.78 Å². The fourth-order valence-electron chi connectivity index (χ4n) is 3.50. The fraction of sp³-hybridized carbons (Fsp3) is 0.286. The summed E-state index contributed by atoms with van der Waals surface area (Å²) in [5.74, 6) is 0.282. The van der Waals surface area contributed by atoms with Crippen LogP contribution in [0, 0.1) is 0 Å². The van der Waals surface area contributed by atoms with Gasteiger partial charge in [0.25, 0.3) is 0 Å².